The molecule has 3 aromatic carbocycles. The van der Waals surface area contributed by atoms with Gasteiger partial charge in [-0.2, -0.15) is 0 Å². The Kier molecular flexibility index (Phi) is 4.36. The van der Waals surface area contributed by atoms with Crippen LogP contribution in [0.15, 0.2) is 66.7 Å². The molecule has 1 heterocycles. The van der Waals surface area contributed by atoms with E-state index in [0.29, 0.717) is 17.1 Å². The first-order valence-electron chi connectivity index (χ1n) is 8.15. The highest BCUT2D eigenvalue weighted by molar-refractivity contribution is 7.78. The second-order valence-electron chi connectivity index (χ2n) is 5.81. The van der Waals surface area contributed by atoms with E-state index in [1.54, 1.807) is 32.4 Å². The minimum atomic E-state index is -1.50. The van der Waals surface area contributed by atoms with Gasteiger partial charge in [0.15, 0.2) is 8.15 Å². The van der Waals surface area contributed by atoms with Crippen molar-refractivity contribution in [1.29, 1.82) is 0 Å². The molecule has 0 aromatic heterocycles. The van der Waals surface area contributed by atoms with E-state index in [2.05, 4.69) is 0 Å². The largest absolute Gasteiger partial charge is 0.497 e. The smallest absolute Gasteiger partial charge is 0.229 e. The number of fused-ring (bicyclic) bond motifs is 3. The van der Waals surface area contributed by atoms with Gasteiger partial charge in [0.05, 0.1) is 14.2 Å². The Balaban J connectivity index is 1.81. The first kappa shape index (κ1) is 16.6. The second-order valence-corrected chi connectivity index (χ2v) is 7.46. The van der Waals surface area contributed by atoms with E-state index in [0.717, 1.165) is 22.2 Å². The van der Waals surface area contributed by atoms with Gasteiger partial charge in [0.2, 0.25) is 5.52 Å². The van der Waals surface area contributed by atoms with Crippen LogP contribution in [0.5, 0.6) is 17.2 Å². The van der Waals surface area contributed by atoms with Crippen LogP contribution in [0.1, 0.15) is 10.4 Å². The molecular formula is C21H17O4P. The van der Waals surface area contributed by atoms with Gasteiger partial charge in [-0.25, -0.2) is 0 Å². The predicted octanol–water partition coefficient (Wildman–Crippen LogP) is 4.63. The number of rotatable bonds is 4. The Hall–Kier alpha value is -2.84. The zero-order valence-electron chi connectivity index (χ0n) is 14.4. The Labute approximate surface area is 153 Å². The van der Waals surface area contributed by atoms with Gasteiger partial charge in [0.1, 0.15) is 17.2 Å². The zero-order valence-corrected chi connectivity index (χ0v) is 15.3. The molecule has 0 bridgehead atoms. The van der Waals surface area contributed by atoms with Crippen molar-refractivity contribution in [2.45, 2.75) is 0 Å². The van der Waals surface area contributed by atoms with Gasteiger partial charge < -0.3 is 14.0 Å². The topological polar surface area (TPSA) is 44.8 Å². The fraction of sp³-hybridized carbons (Fsp3) is 0.0952. The molecule has 5 heteroatoms. The van der Waals surface area contributed by atoms with Crippen LogP contribution in [0.2, 0.25) is 0 Å². The lowest BCUT2D eigenvalue weighted by Crippen LogP contribution is -2.19. The summed E-state index contributed by atoms with van der Waals surface area (Å²) in [5.41, 5.74) is 2.50. The van der Waals surface area contributed by atoms with E-state index in [1.807, 2.05) is 48.5 Å². The molecule has 4 rings (SSSR count). The summed E-state index contributed by atoms with van der Waals surface area (Å²) in [5, 5.41) is 0.924. The maximum absolute atomic E-state index is 13.3. The summed E-state index contributed by atoms with van der Waals surface area (Å²) in [6.07, 6.45) is 0. The minimum Gasteiger partial charge on any atom is -0.497 e. The van der Waals surface area contributed by atoms with Gasteiger partial charge in [-0.3, -0.25) is 4.79 Å². The summed E-state index contributed by atoms with van der Waals surface area (Å²) in [6, 6.07) is 20.9. The molecule has 0 N–H and O–H groups in total. The molecule has 0 aliphatic carbocycles. The Morgan fingerprint density at radius 3 is 2.15 bits per heavy atom. The van der Waals surface area contributed by atoms with Crippen molar-refractivity contribution in [3.8, 4) is 28.4 Å². The molecule has 0 amide bonds. The number of para-hydroxylation sites is 1. The van der Waals surface area contributed by atoms with Crippen molar-refractivity contribution in [3.63, 3.8) is 0 Å². The highest BCUT2D eigenvalue weighted by atomic mass is 31.1. The molecule has 1 atom stereocenters. The lowest BCUT2D eigenvalue weighted by Gasteiger charge is -2.27. The molecule has 0 fully saturated rings. The van der Waals surface area contributed by atoms with Gasteiger partial charge >= 0.3 is 0 Å². The van der Waals surface area contributed by atoms with Crippen molar-refractivity contribution in [1.82, 2.24) is 0 Å². The van der Waals surface area contributed by atoms with Gasteiger partial charge in [-0.1, -0.05) is 42.5 Å². The van der Waals surface area contributed by atoms with Crippen LogP contribution in [0.3, 0.4) is 0 Å². The fourth-order valence-corrected chi connectivity index (χ4v) is 4.75. The molecular weight excluding hydrogens is 347 g/mol. The lowest BCUT2D eigenvalue weighted by molar-refractivity contribution is 0.107. The monoisotopic (exact) mass is 364 g/mol. The molecule has 1 unspecified atom stereocenters. The standard InChI is InChI=1S/C21H17O4P/c1-23-15-11-14(12-16(13-15)24-2)21(22)26-20-10-6-4-8-18(20)17-7-3-5-9-19(17)25-26/h3-13H,1-2H3. The van der Waals surface area contributed by atoms with E-state index in [9.17, 15) is 4.79 Å². The number of hydrogen-bond acceptors (Lipinski definition) is 4. The molecule has 1 aliphatic rings. The molecule has 0 saturated heterocycles. The fourth-order valence-electron chi connectivity index (χ4n) is 2.99. The number of ether oxygens (including phenoxy) is 2. The zero-order chi connectivity index (χ0) is 18.1. The first-order valence-corrected chi connectivity index (χ1v) is 9.41. The van der Waals surface area contributed by atoms with E-state index in [-0.39, 0.29) is 5.52 Å². The normalized spacial score (nSPS) is 14.6. The summed E-state index contributed by atoms with van der Waals surface area (Å²) >= 11 is 0. The van der Waals surface area contributed by atoms with Crippen LogP contribution in [0, 0.1) is 0 Å². The number of carbonyl (C=O) groups is 1. The molecule has 4 nitrogen and oxygen atoms in total. The maximum Gasteiger partial charge on any atom is 0.229 e. The summed E-state index contributed by atoms with van der Waals surface area (Å²) in [5.74, 6) is 1.89. The van der Waals surface area contributed by atoms with Gasteiger partial charge in [0, 0.05) is 22.5 Å². The van der Waals surface area contributed by atoms with Crippen molar-refractivity contribution in [2.75, 3.05) is 14.2 Å². The number of benzene rings is 3. The number of methoxy groups -OCH3 is 2. The van der Waals surface area contributed by atoms with Crippen LogP contribution in [-0.4, -0.2) is 19.7 Å². The molecule has 1 aliphatic heterocycles. The van der Waals surface area contributed by atoms with Crippen molar-refractivity contribution >= 4 is 19.0 Å². The predicted molar refractivity (Wildman–Crippen MR) is 103 cm³/mol. The first-order chi connectivity index (χ1) is 12.7. The molecule has 0 radical (unpaired) electrons. The van der Waals surface area contributed by atoms with Crippen molar-refractivity contribution in [3.05, 3.63) is 72.3 Å². The van der Waals surface area contributed by atoms with Crippen molar-refractivity contribution < 1.29 is 18.8 Å². The summed E-state index contributed by atoms with van der Waals surface area (Å²) in [7, 11) is 1.64. The Morgan fingerprint density at radius 2 is 1.46 bits per heavy atom. The minimum absolute atomic E-state index is 0.0702. The molecule has 0 spiro atoms. The lowest BCUT2D eigenvalue weighted by atomic mass is 10.0. The maximum atomic E-state index is 13.3. The van der Waals surface area contributed by atoms with Gasteiger partial charge in [-0.15, -0.1) is 0 Å². The average molecular weight is 364 g/mol. The average Bonchev–Trinajstić information content (AvgIpc) is 2.72. The highest BCUT2D eigenvalue weighted by Gasteiger charge is 2.33. The van der Waals surface area contributed by atoms with Crippen LogP contribution in [-0.2, 0) is 0 Å². The third-order valence-electron chi connectivity index (χ3n) is 4.27. The molecule has 0 saturated carbocycles. The Bertz CT molecular complexity index is 961. The van der Waals surface area contributed by atoms with Gasteiger partial charge in [-0.05, 0) is 23.8 Å². The SMILES string of the molecule is COc1cc(OC)cc(C(=O)P2Oc3ccccc3-c3ccccc32)c1. The summed E-state index contributed by atoms with van der Waals surface area (Å²) in [4.78, 5) is 13.3. The van der Waals surface area contributed by atoms with Crippen LogP contribution in [0.25, 0.3) is 11.1 Å². The van der Waals surface area contributed by atoms with Crippen LogP contribution < -0.4 is 19.3 Å². The number of carbonyl (C=O) groups excluding carboxylic acids is 1. The molecule has 130 valence electrons. The van der Waals surface area contributed by atoms with Crippen LogP contribution in [0.4, 0.5) is 0 Å². The summed E-state index contributed by atoms with van der Waals surface area (Å²) in [6.45, 7) is 0. The van der Waals surface area contributed by atoms with E-state index in [1.165, 1.54) is 0 Å². The third-order valence-corrected chi connectivity index (χ3v) is 6.11. The second kappa shape index (κ2) is 6.81. The molecule has 26 heavy (non-hydrogen) atoms. The Morgan fingerprint density at radius 1 is 0.846 bits per heavy atom. The van der Waals surface area contributed by atoms with E-state index >= 15 is 0 Å². The van der Waals surface area contributed by atoms with Crippen LogP contribution >= 0.6 is 8.15 Å². The van der Waals surface area contributed by atoms with Gasteiger partial charge in [0.25, 0.3) is 0 Å². The van der Waals surface area contributed by atoms with E-state index in [4.69, 9.17) is 14.0 Å². The molecule has 3 aromatic rings. The number of hydrogen-bond donors (Lipinski definition) is 0. The summed E-state index contributed by atoms with van der Waals surface area (Å²) < 4.78 is 16.7. The quantitative estimate of drug-likeness (QED) is 0.634. The third kappa shape index (κ3) is 2.83. The van der Waals surface area contributed by atoms with E-state index < -0.39 is 8.15 Å². The van der Waals surface area contributed by atoms with Crippen molar-refractivity contribution in [2.24, 2.45) is 0 Å². The highest BCUT2D eigenvalue weighted by Crippen LogP contribution is 2.50.